The van der Waals surface area contributed by atoms with Gasteiger partial charge in [0, 0.05) is 52.7 Å². The number of fused-ring (bicyclic) bond motifs is 4. The van der Waals surface area contributed by atoms with Crippen LogP contribution < -0.4 is 5.32 Å². The van der Waals surface area contributed by atoms with Crippen LogP contribution in [0.2, 0.25) is 0 Å². The van der Waals surface area contributed by atoms with E-state index in [9.17, 15) is 34.8 Å². The second kappa shape index (κ2) is 10.7. The molecule has 5 N–H and O–H groups in total. The first-order valence-electron chi connectivity index (χ1n) is 15.4. The third-order valence-corrected chi connectivity index (χ3v) is 12.5. The van der Waals surface area contributed by atoms with Crippen LogP contribution in [0, 0.1) is 45.3 Å². The lowest BCUT2D eigenvalue weighted by Gasteiger charge is -2.61. The minimum atomic E-state index is -1.09. The summed E-state index contributed by atoms with van der Waals surface area (Å²) in [5, 5.41) is 47.6. The van der Waals surface area contributed by atoms with Gasteiger partial charge < -0.3 is 25.7 Å². The average molecular weight is 574 g/mol. The van der Waals surface area contributed by atoms with E-state index < -0.39 is 45.9 Å². The van der Waals surface area contributed by atoms with Crippen LogP contribution in [0.4, 0.5) is 0 Å². The number of aliphatic hydroxyl groups is 3. The number of carbonyl (C=O) groups is 3. The summed E-state index contributed by atoms with van der Waals surface area (Å²) in [5.41, 5.74) is -1.41. The number of ketones is 2. The molecular formula is C33H51NO7. The van der Waals surface area contributed by atoms with E-state index in [-0.39, 0.29) is 47.2 Å². The van der Waals surface area contributed by atoms with Gasteiger partial charge in [0.05, 0.1) is 18.3 Å². The fraction of sp³-hybridized carbons (Fsp3) is 0.788. The normalized spacial score (nSPS) is 40.9. The molecule has 0 aromatic carbocycles. The minimum absolute atomic E-state index is 0.00641. The summed E-state index contributed by atoms with van der Waals surface area (Å²) >= 11 is 0. The zero-order chi connectivity index (χ0) is 30.9. The molecule has 4 aliphatic carbocycles. The summed E-state index contributed by atoms with van der Waals surface area (Å²) in [5.74, 6) is -1.78. The summed E-state index contributed by atoms with van der Waals surface area (Å²) < 4.78 is 0. The van der Waals surface area contributed by atoms with Crippen LogP contribution in [-0.2, 0) is 14.4 Å². The Bertz CT molecular complexity index is 1170. The number of nitrogens with one attached hydrogen (secondary N) is 1. The summed E-state index contributed by atoms with van der Waals surface area (Å²) in [4.78, 5) is 38.8. The molecule has 0 heterocycles. The predicted octanol–water partition coefficient (Wildman–Crippen LogP) is 3.68. The highest BCUT2D eigenvalue weighted by atomic mass is 16.4. The van der Waals surface area contributed by atoms with E-state index in [1.807, 2.05) is 34.6 Å². The van der Waals surface area contributed by atoms with Crippen LogP contribution in [0.3, 0.4) is 0 Å². The molecule has 4 rings (SSSR count). The topological polar surface area (TPSA) is 144 Å². The smallest absolute Gasteiger partial charge is 0.331 e. The van der Waals surface area contributed by atoms with Gasteiger partial charge in [-0.15, -0.1) is 0 Å². The van der Waals surface area contributed by atoms with Gasteiger partial charge in [-0.05, 0) is 67.5 Å². The van der Waals surface area contributed by atoms with Crippen LogP contribution in [0.25, 0.3) is 0 Å². The molecule has 0 amide bonds. The third-order valence-electron chi connectivity index (χ3n) is 12.5. The first kappa shape index (κ1) is 32.1. The van der Waals surface area contributed by atoms with Crippen molar-refractivity contribution < 1.29 is 34.8 Å². The molecule has 10 atom stereocenters. The highest BCUT2D eigenvalue weighted by Crippen LogP contribution is 2.71. The quantitative estimate of drug-likeness (QED) is 0.277. The highest BCUT2D eigenvalue weighted by molar-refractivity contribution is 6.01. The molecule has 2 fully saturated rings. The SMILES string of the molecule is CCNC[C@H]([C@@H](C)[C@H]1C[C@H](O)[C@@]2(C)C3=C(C(=O)C[C@]12C)[C@@]1(C)CCC(=O)C(C)(C)[C@H]1C[C@H]3O)[C@H](O)/C=C(\C)C(=O)O. The number of carboxylic acids is 1. The Morgan fingerprint density at radius 3 is 2.34 bits per heavy atom. The zero-order valence-electron chi connectivity index (χ0n) is 26.1. The van der Waals surface area contributed by atoms with Crippen LogP contribution >= 0.6 is 0 Å². The molecule has 8 nitrogen and oxygen atoms in total. The van der Waals surface area contributed by atoms with Gasteiger partial charge in [0.25, 0.3) is 0 Å². The molecule has 0 aliphatic heterocycles. The third kappa shape index (κ3) is 4.59. The van der Waals surface area contributed by atoms with Crippen molar-refractivity contribution in [3.05, 3.63) is 22.8 Å². The van der Waals surface area contributed by atoms with E-state index in [0.717, 1.165) is 0 Å². The number of aliphatic hydroxyl groups excluding tert-OH is 3. The predicted molar refractivity (Wildman–Crippen MR) is 156 cm³/mol. The monoisotopic (exact) mass is 573 g/mol. The van der Waals surface area contributed by atoms with Gasteiger partial charge in [0.15, 0.2) is 5.78 Å². The van der Waals surface area contributed by atoms with Gasteiger partial charge >= 0.3 is 5.97 Å². The zero-order valence-corrected chi connectivity index (χ0v) is 26.1. The molecule has 0 unspecified atom stereocenters. The number of carbonyl (C=O) groups excluding carboxylic acids is 2. The van der Waals surface area contributed by atoms with E-state index in [0.29, 0.717) is 49.9 Å². The lowest BCUT2D eigenvalue weighted by atomic mass is 9.42. The van der Waals surface area contributed by atoms with Crippen molar-refractivity contribution >= 4 is 17.5 Å². The second-order valence-electron chi connectivity index (χ2n) is 14.7. The van der Waals surface area contributed by atoms with Crippen molar-refractivity contribution in [2.24, 2.45) is 45.3 Å². The Kier molecular flexibility index (Phi) is 8.36. The van der Waals surface area contributed by atoms with Crippen LogP contribution in [0.15, 0.2) is 22.8 Å². The molecule has 41 heavy (non-hydrogen) atoms. The molecule has 0 aromatic rings. The lowest BCUT2D eigenvalue weighted by molar-refractivity contribution is -0.146. The molecule has 0 bridgehead atoms. The number of allylic oxidation sites excluding steroid dienone is 1. The largest absolute Gasteiger partial charge is 0.478 e. The van der Waals surface area contributed by atoms with Gasteiger partial charge in [-0.25, -0.2) is 4.79 Å². The maximum Gasteiger partial charge on any atom is 0.331 e. The van der Waals surface area contributed by atoms with Crippen molar-refractivity contribution in [2.75, 3.05) is 13.1 Å². The van der Waals surface area contributed by atoms with Crippen molar-refractivity contribution in [1.29, 1.82) is 0 Å². The average Bonchev–Trinajstić information content (AvgIpc) is 3.08. The lowest BCUT2D eigenvalue weighted by Crippen LogP contribution is -2.60. The molecule has 230 valence electrons. The molecule has 0 aromatic heterocycles. The molecule has 2 saturated carbocycles. The van der Waals surface area contributed by atoms with Gasteiger partial charge in [-0.3, -0.25) is 9.59 Å². The standard InChI is InChI=1S/C33H51NO7/c1-9-34-16-19(21(35)12-17(2)29(40)41)18(3)20-13-26(39)33(8)28-22(36)14-24-30(4,5)25(38)10-11-31(24,6)27(28)23(37)15-32(20,33)7/h12,18-22,24,26,34-36,39H,9-11,13-16H2,1-8H3,(H,40,41)/b17-12+/t18-,19-,20-,21-,22-,24-,26+,31+,32-,33+/m1/s1. The molecule has 0 spiro atoms. The van der Waals surface area contributed by atoms with Crippen LogP contribution in [0.1, 0.15) is 87.5 Å². The van der Waals surface area contributed by atoms with Crippen molar-refractivity contribution in [3.8, 4) is 0 Å². The highest BCUT2D eigenvalue weighted by Gasteiger charge is 2.70. The summed E-state index contributed by atoms with van der Waals surface area (Å²) in [6, 6.07) is 0. The fourth-order valence-corrected chi connectivity index (χ4v) is 9.80. The Labute approximate surface area is 244 Å². The molecule has 4 aliphatic rings. The van der Waals surface area contributed by atoms with Crippen LogP contribution in [0.5, 0.6) is 0 Å². The first-order valence-corrected chi connectivity index (χ1v) is 15.4. The molecule has 0 radical (unpaired) electrons. The summed E-state index contributed by atoms with van der Waals surface area (Å²) in [7, 11) is 0. The van der Waals surface area contributed by atoms with E-state index in [2.05, 4.69) is 19.2 Å². The first-order chi connectivity index (χ1) is 18.9. The molecule has 8 heteroatoms. The number of Topliss-reactive ketones (excluding diaryl/α,β-unsaturated/α-hetero) is 2. The van der Waals surface area contributed by atoms with Crippen molar-refractivity contribution in [1.82, 2.24) is 5.32 Å². The van der Waals surface area contributed by atoms with E-state index in [1.165, 1.54) is 13.0 Å². The molecular weight excluding hydrogens is 522 g/mol. The van der Waals surface area contributed by atoms with E-state index in [1.54, 1.807) is 0 Å². The number of hydrogen-bond donors (Lipinski definition) is 5. The van der Waals surface area contributed by atoms with Gasteiger partial charge in [0.1, 0.15) is 5.78 Å². The van der Waals surface area contributed by atoms with Crippen molar-refractivity contribution in [2.45, 2.75) is 106 Å². The summed E-state index contributed by atoms with van der Waals surface area (Å²) in [6.45, 7) is 16.6. The number of carboxylic acid groups (broad SMARTS) is 1. The Balaban J connectivity index is 1.81. The number of rotatable bonds is 8. The summed E-state index contributed by atoms with van der Waals surface area (Å²) in [6.07, 6.45) is 0.574. The number of hydrogen-bond acceptors (Lipinski definition) is 7. The van der Waals surface area contributed by atoms with Gasteiger partial charge in [-0.1, -0.05) is 48.5 Å². The van der Waals surface area contributed by atoms with Gasteiger partial charge in [0.2, 0.25) is 0 Å². The maximum atomic E-state index is 14.3. The van der Waals surface area contributed by atoms with E-state index >= 15 is 0 Å². The molecule has 0 saturated heterocycles. The van der Waals surface area contributed by atoms with Crippen molar-refractivity contribution in [3.63, 3.8) is 0 Å². The second-order valence-corrected chi connectivity index (χ2v) is 14.7. The minimum Gasteiger partial charge on any atom is -0.478 e. The Hall–Kier alpha value is -1.87. The Morgan fingerprint density at radius 1 is 1.12 bits per heavy atom. The van der Waals surface area contributed by atoms with Gasteiger partial charge in [-0.2, -0.15) is 0 Å². The Morgan fingerprint density at radius 2 is 1.76 bits per heavy atom. The van der Waals surface area contributed by atoms with Crippen LogP contribution in [-0.4, -0.2) is 69.4 Å². The van der Waals surface area contributed by atoms with E-state index in [4.69, 9.17) is 0 Å². The maximum absolute atomic E-state index is 14.3. The number of aliphatic carboxylic acids is 1. The fourth-order valence-electron chi connectivity index (χ4n) is 9.80.